The average molecular weight is 465 g/mol. The topological polar surface area (TPSA) is 95.1 Å². The van der Waals surface area contributed by atoms with Gasteiger partial charge in [-0.3, -0.25) is 9.78 Å². The van der Waals surface area contributed by atoms with E-state index in [9.17, 15) is 26.7 Å². The molecular weight excluding hydrogens is 449 g/mol. The molecule has 1 amide bonds. The van der Waals surface area contributed by atoms with Crippen LogP contribution in [0.2, 0.25) is 0 Å². The van der Waals surface area contributed by atoms with Gasteiger partial charge in [0.1, 0.15) is 11.6 Å². The molecule has 1 aliphatic rings. The maximum Gasteiger partial charge on any atom is 0.490 e. The molecule has 3 N–H and O–H groups in total. The van der Waals surface area contributed by atoms with Crippen LogP contribution >= 0.6 is 0 Å². The quantitative estimate of drug-likeness (QED) is 0.499. The standard InChI is InChI=1S/C20H15F2N3O.C2HF3O2/c21-16-2-1-3-17(22)14(16)5-4-13-10-12(6-8-23-13)19-11-15-18(25-19)7-9-24-20(15)26;3-2(4,5)1(6)7/h1-6,8,10-11,25H,7,9H2,(H,24,26);(H,6,7). The van der Waals surface area contributed by atoms with Crippen molar-refractivity contribution in [1.29, 1.82) is 0 Å². The monoisotopic (exact) mass is 465 g/mol. The van der Waals surface area contributed by atoms with E-state index in [0.717, 1.165) is 23.4 Å². The Morgan fingerprint density at radius 3 is 2.36 bits per heavy atom. The Labute approximate surface area is 183 Å². The summed E-state index contributed by atoms with van der Waals surface area (Å²) in [5, 5.41) is 9.93. The van der Waals surface area contributed by atoms with E-state index in [-0.39, 0.29) is 11.5 Å². The fourth-order valence-electron chi connectivity index (χ4n) is 2.99. The summed E-state index contributed by atoms with van der Waals surface area (Å²) in [6.45, 7) is 0.615. The maximum atomic E-state index is 13.7. The lowest BCUT2D eigenvalue weighted by Crippen LogP contribution is -2.31. The molecule has 0 unspecified atom stereocenters. The third-order valence-electron chi connectivity index (χ3n) is 4.56. The minimum Gasteiger partial charge on any atom is -0.475 e. The van der Waals surface area contributed by atoms with Gasteiger partial charge in [0.05, 0.1) is 11.3 Å². The Hall–Kier alpha value is -4.02. The minimum absolute atomic E-state index is 0.0852. The summed E-state index contributed by atoms with van der Waals surface area (Å²) in [5.74, 6) is -4.09. The van der Waals surface area contributed by atoms with Crippen LogP contribution in [0.3, 0.4) is 0 Å². The number of nitrogens with one attached hydrogen (secondary N) is 2. The van der Waals surface area contributed by atoms with Crippen LogP contribution in [0.5, 0.6) is 0 Å². The predicted octanol–water partition coefficient (Wildman–Crippen LogP) is 4.44. The van der Waals surface area contributed by atoms with Crippen LogP contribution in [0.1, 0.15) is 27.3 Å². The van der Waals surface area contributed by atoms with Gasteiger partial charge in [-0.2, -0.15) is 13.2 Å². The molecule has 0 spiro atoms. The maximum absolute atomic E-state index is 13.7. The Morgan fingerprint density at radius 2 is 1.76 bits per heavy atom. The number of fused-ring (bicyclic) bond motifs is 1. The van der Waals surface area contributed by atoms with Crippen molar-refractivity contribution < 1.29 is 36.6 Å². The summed E-state index contributed by atoms with van der Waals surface area (Å²) in [7, 11) is 0. The lowest BCUT2D eigenvalue weighted by Gasteiger charge is -2.10. The molecule has 4 rings (SSSR count). The number of aromatic nitrogens is 2. The number of rotatable bonds is 3. The summed E-state index contributed by atoms with van der Waals surface area (Å²) in [5.41, 5.74) is 3.66. The molecule has 172 valence electrons. The van der Waals surface area contributed by atoms with Crippen LogP contribution in [-0.2, 0) is 11.2 Å². The zero-order valence-electron chi connectivity index (χ0n) is 16.7. The molecule has 0 saturated carbocycles. The van der Waals surface area contributed by atoms with Crippen LogP contribution < -0.4 is 5.32 Å². The van der Waals surface area contributed by atoms with Crippen molar-refractivity contribution in [2.75, 3.05) is 6.54 Å². The highest BCUT2D eigenvalue weighted by Gasteiger charge is 2.38. The van der Waals surface area contributed by atoms with Crippen molar-refractivity contribution in [2.45, 2.75) is 12.6 Å². The minimum atomic E-state index is -5.08. The summed E-state index contributed by atoms with van der Waals surface area (Å²) in [4.78, 5) is 28.3. The Balaban J connectivity index is 0.000000383. The molecular formula is C22H16F5N3O3. The first-order chi connectivity index (χ1) is 15.6. The molecule has 2 aromatic heterocycles. The number of carboxylic acid groups (broad SMARTS) is 1. The molecule has 1 aromatic carbocycles. The molecule has 3 heterocycles. The first kappa shape index (κ1) is 23.6. The molecule has 0 saturated heterocycles. The van der Waals surface area contributed by atoms with Crippen LogP contribution in [-0.4, -0.2) is 39.7 Å². The Bertz CT molecular complexity index is 1200. The van der Waals surface area contributed by atoms with E-state index < -0.39 is 23.8 Å². The van der Waals surface area contributed by atoms with E-state index in [0.29, 0.717) is 17.8 Å². The van der Waals surface area contributed by atoms with Gasteiger partial charge in [0.2, 0.25) is 0 Å². The number of halogens is 5. The molecule has 33 heavy (non-hydrogen) atoms. The van der Waals surface area contributed by atoms with Gasteiger partial charge in [-0.25, -0.2) is 13.6 Å². The summed E-state index contributed by atoms with van der Waals surface area (Å²) in [6.07, 6.45) is 0.211. The lowest BCUT2D eigenvalue weighted by molar-refractivity contribution is -0.192. The van der Waals surface area contributed by atoms with Crippen molar-refractivity contribution in [3.8, 4) is 11.3 Å². The zero-order chi connectivity index (χ0) is 24.2. The van der Waals surface area contributed by atoms with E-state index in [4.69, 9.17) is 9.90 Å². The summed E-state index contributed by atoms with van der Waals surface area (Å²) < 4.78 is 59.2. The Morgan fingerprint density at radius 1 is 1.09 bits per heavy atom. The fourth-order valence-corrected chi connectivity index (χ4v) is 2.99. The number of hydrogen-bond acceptors (Lipinski definition) is 3. The number of benzene rings is 1. The number of amides is 1. The molecule has 0 fully saturated rings. The molecule has 6 nitrogen and oxygen atoms in total. The summed E-state index contributed by atoms with van der Waals surface area (Å²) in [6, 6.07) is 9.16. The lowest BCUT2D eigenvalue weighted by atomic mass is 10.1. The molecule has 1 aliphatic heterocycles. The molecule has 11 heteroatoms. The van der Waals surface area contributed by atoms with Crippen molar-refractivity contribution in [2.24, 2.45) is 0 Å². The van der Waals surface area contributed by atoms with Gasteiger partial charge in [0.15, 0.2) is 0 Å². The SMILES string of the molecule is O=C(O)C(F)(F)F.O=C1NCCc2[nH]c(-c3ccnc(C=Cc4c(F)cccc4F)c3)cc21. The number of aliphatic carboxylic acids is 1. The average Bonchev–Trinajstić information content (AvgIpc) is 3.19. The zero-order valence-corrected chi connectivity index (χ0v) is 16.7. The molecule has 0 bridgehead atoms. The van der Waals surface area contributed by atoms with Gasteiger partial charge in [-0.05, 0) is 42.5 Å². The summed E-state index contributed by atoms with van der Waals surface area (Å²) >= 11 is 0. The van der Waals surface area contributed by atoms with Crippen molar-refractivity contribution in [3.63, 3.8) is 0 Å². The molecule has 3 aromatic rings. The normalized spacial score (nSPS) is 13.2. The van der Waals surface area contributed by atoms with Gasteiger partial charge in [0.25, 0.3) is 5.91 Å². The first-order valence-electron chi connectivity index (χ1n) is 9.45. The highest BCUT2D eigenvalue weighted by molar-refractivity contribution is 5.97. The fraction of sp³-hybridized carbons (Fsp3) is 0.136. The van der Waals surface area contributed by atoms with Gasteiger partial charge >= 0.3 is 12.1 Å². The number of carbonyl (C=O) groups is 2. The van der Waals surface area contributed by atoms with Gasteiger partial charge in [-0.15, -0.1) is 0 Å². The molecule has 0 aliphatic carbocycles. The number of aromatic amines is 1. The number of pyridine rings is 1. The highest BCUT2D eigenvalue weighted by atomic mass is 19.4. The van der Waals surface area contributed by atoms with Crippen molar-refractivity contribution >= 4 is 24.0 Å². The van der Waals surface area contributed by atoms with Crippen LogP contribution in [0.15, 0.2) is 42.6 Å². The second kappa shape index (κ2) is 9.63. The predicted molar refractivity (Wildman–Crippen MR) is 109 cm³/mol. The smallest absolute Gasteiger partial charge is 0.475 e. The Kier molecular flexibility index (Phi) is 6.90. The van der Waals surface area contributed by atoms with Gasteiger partial charge in [-0.1, -0.05) is 6.07 Å². The molecule has 0 radical (unpaired) electrons. The third-order valence-corrected chi connectivity index (χ3v) is 4.56. The van der Waals surface area contributed by atoms with Crippen LogP contribution in [0.25, 0.3) is 23.4 Å². The third kappa shape index (κ3) is 5.82. The van der Waals surface area contributed by atoms with E-state index >= 15 is 0 Å². The number of nitrogens with zero attached hydrogens (tertiary/aromatic N) is 1. The van der Waals surface area contributed by atoms with Crippen LogP contribution in [0, 0.1) is 11.6 Å². The largest absolute Gasteiger partial charge is 0.490 e. The van der Waals surface area contributed by atoms with E-state index in [1.165, 1.54) is 24.3 Å². The van der Waals surface area contributed by atoms with Gasteiger partial charge < -0.3 is 15.4 Å². The van der Waals surface area contributed by atoms with E-state index in [1.54, 1.807) is 18.3 Å². The number of H-pyrrole nitrogens is 1. The van der Waals surface area contributed by atoms with Crippen molar-refractivity contribution in [3.05, 3.63) is 76.7 Å². The number of hydrogen-bond donors (Lipinski definition) is 3. The van der Waals surface area contributed by atoms with Crippen molar-refractivity contribution in [1.82, 2.24) is 15.3 Å². The number of carbonyl (C=O) groups excluding carboxylic acids is 1. The van der Waals surface area contributed by atoms with Crippen LogP contribution in [0.4, 0.5) is 22.0 Å². The van der Waals surface area contributed by atoms with Gasteiger partial charge in [0, 0.05) is 41.7 Å². The van der Waals surface area contributed by atoms with E-state index in [2.05, 4.69) is 15.3 Å². The highest BCUT2D eigenvalue weighted by Crippen LogP contribution is 2.25. The second-order valence-corrected chi connectivity index (χ2v) is 6.82. The molecule has 0 atom stereocenters. The number of alkyl halides is 3. The van der Waals surface area contributed by atoms with E-state index in [1.807, 2.05) is 12.1 Å². The number of carboxylic acids is 1. The second-order valence-electron chi connectivity index (χ2n) is 6.82. The first-order valence-corrected chi connectivity index (χ1v) is 9.45.